The summed E-state index contributed by atoms with van der Waals surface area (Å²) < 4.78 is 11.3. The largest absolute Gasteiger partial charge is 0.462 e. The standard InChI is InChI=1S/C17H28O3Si/c1-17(2,3)21(4,5)20-14-10-9-13-19-16(18)15-11-7-6-8-12-15/h6-8,11-12H,9-10,13-14H2,1-5H3. The van der Waals surface area contributed by atoms with E-state index in [0.29, 0.717) is 12.2 Å². The molecule has 0 saturated heterocycles. The van der Waals surface area contributed by atoms with E-state index in [1.54, 1.807) is 12.1 Å². The molecule has 4 heteroatoms. The van der Waals surface area contributed by atoms with Gasteiger partial charge in [-0.05, 0) is 43.1 Å². The zero-order chi connectivity index (χ0) is 15.9. The van der Waals surface area contributed by atoms with Crippen LogP contribution in [0.1, 0.15) is 44.0 Å². The van der Waals surface area contributed by atoms with Gasteiger partial charge in [-0.3, -0.25) is 0 Å². The van der Waals surface area contributed by atoms with Gasteiger partial charge in [0.15, 0.2) is 8.32 Å². The lowest BCUT2D eigenvalue weighted by molar-refractivity contribution is 0.0493. The molecule has 0 saturated carbocycles. The van der Waals surface area contributed by atoms with Crippen LogP contribution in [0.3, 0.4) is 0 Å². The Labute approximate surface area is 129 Å². The molecule has 0 aromatic heterocycles. The number of hydrogen-bond acceptors (Lipinski definition) is 3. The summed E-state index contributed by atoms with van der Waals surface area (Å²) in [6.45, 7) is 12.4. The highest BCUT2D eigenvalue weighted by Crippen LogP contribution is 2.36. The Balaban J connectivity index is 2.17. The maximum absolute atomic E-state index is 11.7. The first-order chi connectivity index (χ1) is 9.74. The maximum Gasteiger partial charge on any atom is 0.338 e. The highest BCUT2D eigenvalue weighted by molar-refractivity contribution is 6.74. The van der Waals surface area contributed by atoms with E-state index in [2.05, 4.69) is 33.9 Å². The second kappa shape index (κ2) is 7.76. The lowest BCUT2D eigenvalue weighted by Crippen LogP contribution is -2.41. The van der Waals surface area contributed by atoms with E-state index in [-0.39, 0.29) is 11.0 Å². The quantitative estimate of drug-likeness (QED) is 0.418. The lowest BCUT2D eigenvalue weighted by atomic mass is 10.2. The number of unbranched alkanes of at least 4 members (excludes halogenated alkanes) is 1. The zero-order valence-electron chi connectivity index (χ0n) is 13.9. The van der Waals surface area contributed by atoms with Crippen molar-refractivity contribution in [2.75, 3.05) is 13.2 Å². The van der Waals surface area contributed by atoms with Crippen LogP contribution in [-0.4, -0.2) is 27.5 Å². The summed E-state index contributed by atoms with van der Waals surface area (Å²) in [5.74, 6) is -0.249. The van der Waals surface area contributed by atoms with Crippen molar-refractivity contribution in [1.29, 1.82) is 0 Å². The van der Waals surface area contributed by atoms with Crippen molar-refractivity contribution >= 4 is 14.3 Å². The van der Waals surface area contributed by atoms with E-state index >= 15 is 0 Å². The Morgan fingerprint density at radius 3 is 2.19 bits per heavy atom. The topological polar surface area (TPSA) is 35.5 Å². The van der Waals surface area contributed by atoms with Crippen LogP contribution in [0.4, 0.5) is 0 Å². The van der Waals surface area contributed by atoms with Crippen LogP contribution in [-0.2, 0) is 9.16 Å². The van der Waals surface area contributed by atoms with Crippen LogP contribution in [0.25, 0.3) is 0 Å². The first kappa shape index (κ1) is 17.9. The van der Waals surface area contributed by atoms with Crippen LogP contribution in [0.5, 0.6) is 0 Å². The van der Waals surface area contributed by atoms with Gasteiger partial charge in [0.2, 0.25) is 0 Å². The molecule has 0 spiro atoms. The monoisotopic (exact) mass is 308 g/mol. The lowest BCUT2D eigenvalue weighted by Gasteiger charge is -2.36. The number of carbonyl (C=O) groups is 1. The summed E-state index contributed by atoms with van der Waals surface area (Å²) in [6, 6.07) is 9.09. The third-order valence-electron chi connectivity index (χ3n) is 4.05. The molecule has 0 aliphatic carbocycles. The minimum atomic E-state index is -1.65. The van der Waals surface area contributed by atoms with Crippen molar-refractivity contribution in [1.82, 2.24) is 0 Å². The van der Waals surface area contributed by atoms with Gasteiger partial charge in [0, 0.05) is 6.61 Å². The number of ether oxygens (including phenoxy) is 1. The predicted molar refractivity (Wildman–Crippen MR) is 89.1 cm³/mol. The van der Waals surface area contributed by atoms with Crippen molar-refractivity contribution in [2.24, 2.45) is 0 Å². The Morgan fingerprint density at radius 2 is 1.62 bits per heavy atom. The van der Waals surface area contributed by atoms with Gasteiger partial charge >= 0.3 is 5.97 Å². The number of carbonyl (C=O) groups excluding carboxylic acids is 1. The first-order valence-electron chi connectivity index (χ1n) is 7.60. The van der Waals surface area contributed by atoms with Gasteiger partial charge in [-0.1, -0.05) is 39.0 Å². The highest BCUT2D eigenvalue weighted by atomic mass is 28.4. The highest BCUT2D eigenvalue weighted by Gasteiger charge is 2.36. The molecule has 0 amide bonds. The molecule has 0 heterocycles. The fraction of sp³-hybridized carbons (Fsp3) is 0.588. The van der Waals surface area contributed by atoms with Crippen LogP contribution < -0.4 is 0 Å². The molecular formula is C17H28O3Si. The van der Waals surface area contributed by atoms with Crippen LogP contribution in [0, 0.1) is 0 Å². The van der Waals surface area contributed by atoms with Gasteiger partial charge in [-0.2, -0.15) is 0 Å². The molecule has 0 unspecified atom stereocenters. The molecule has 0 aliphatic heterocycles. The first-order valence-corrected chi connectivity index (χ1v) is 10.5. The molecule has 0 aliphatic rings. The number of esters is 1. The average Bonchev–Trinajstić information content (AvgIpc) is 2.42. The van der Waals surface area contributed by atoms with Crippen LogP contribution in [0.2, 0.25) is 18.1 Å². The summed E-state index contributed by atoms with van der Waals surface area (Å²) >= 11 is 0. The van der Waals surface area contributed by atoms with Crippen molar-refractivity contribution in [3.05, 3.63) is 35.9 Å². The van der Waals surface area contributed by atoms with E-state index in [9.17, 15) is 4.79 Å². The van der Waals surface area contributed by atoms with Gasteiger partial charge in [0.1, 0.15) is 0 Å². The van der Waals surface area contributed by atoms with Crippen molar-refractivity contribution in [3.8, 4) is 0 Å². The van der Waals surface area contributed by atoms with E-state index < -0.39 is 8.32 Å². The number of benzene rings is 1. The molecule has 0 fully saturated rings. The molecule has 1 aromatic carbocycles. The average molecular weight is 308 g/mol. The normalized spacial score (nSPS) is 12.2. The minimum Gasteiger partial charge on any atom is -0.462 e. The molecule has 21 heavy (non-hydrogen) atoms. The molecule has 3 nitrogen and oxygen atoms in total. The van der Waals surface area contributed by atoms with Gasteiger partial charge in [-0.15, -0.1) is 0 Å². The summed E-state index contributed by atoms with van der Waals surface area (Å²) in [7, 11) is -1.65. The SMILES string of the molecule is CC(C)(C)[Si](C)(C)OCCCCOC(=O)c1ccccc1. The molecule has 0 N–H and O–H groups in total. The predicted octanol–water partition coefficient (Wildman–Crippen LogP) is 4.65. The molecule has 1 aromatic rings. The molecule has 1 rings (SSSR count). The van der Waals surface area contributed by atoms with Gasteiger partial charge in [0.25, 0.3) is 0 Å². The van der Waals surface area contributed by atoms with Crippen LogP contribution in [0.15, 0.2) is 30.3 Å². The Bertz CT molecular complexity index is 435. The molecule has 0 bridgehead atoms. The minimum absolute atomic E-state index is 0.243. The van der Waals surface area contributed by atoms with Crippen molar-refractivity contribution < 1.29 is 14.0 Å². The molecule has 118 valence electrons. The molecular weight excluding hydrogens is 280 g/mol. The second-order valence-corrected chi connectivity index (χ2v) is 11.6. The second-order valence-electron chi connectivity index (χ2n) is 6.82. The Hall–Kier alpha value is -1.13. The third kappa shape index (κ3) is 6.02. The molecule has 0 radical (unpaired) electrons. The van der Waals surface area contributed by atoms with Crippen LogP contribution >= 0.6 is 0 Å². The van der Waals surface area contributed by atoms with Gasteiger partial charge in [0.05, 0.1) is 12.2 Å². The summed E-state index contributed by atoms with van der Waals surface area (Å²) in [4.78, 5) is 11.7. The number of hydrogen-bond donors (Lipinski definition) is 0. The van der Waals surface area contributed by atoms with Gasteiger partial charge in [-0.25, -0.2) is 4.79 Å². The summed E-state index contributed by atoms with van der Waals surface area (Å²) in [5.41, 5.74) is 0.607. The third-order valence-corrected chi connectivity index (χ3v) is 8.59. The Morgan fingerprint density at radius 1 is 1.05 bits per heavy atom. The van der Waals surface area contributed by atoms with Gasteiger partial charge < -0.3 is 9.16 Å². The smallest absolute Gasteiger partial charge is 0.338 e. The number of rotatable bonds is 7. The van der Waals surface area contributed by atoms with E-state index in [1.807, 2.05) is 18.2 Å². The summed E-state index contributed by atoms with van der Waals surface area (Å²) in [6.07, 6.45) is 1.77. The van der Waals surface area contributed by atoms with E-state index in [4.69, 9.17) is 9.16 Å². The Kier molecular flexibility index (Phi) is 6.62. The zero-order valence-corrected chi connectivity index (χ0v) is 14.9. The maximum atomic E-state index is 11.7. The fourth-order valence-corrected chi connectivity index (χ4v) is 2.66. The van der Waals surface area contributed by atoms with E-state index in [1.165, 1.54) is 0 Å². The van der Waals surface area contributed by atoms with Crippen molar-refractivity contribution in [3.63, 3.8) is 0 Å². The van der Waals surface area contributed by atoms with Crippen molar-refractivity contribution in [2.45, 2.75) is 51.7 Å². The molecule has 0 atom stereocenters. The van der Waals surface area contributed by atoms with E-state index in [0.717, 1.165) is 19.4 Å². The fourth-order valence-electron chi connectivity index (χ4n) is 1.57. The summed E-state index contributed by atoms with van der Waals surface area (Å²) in [5, 5.41) is 0.243.